The molecule has 6 atom stereocenters. The van der Waals surface area contributed by atoms with E-state index in [1.807, 2.05) is 0 Å². The van der Waals surface area contributed by atoms with Gasteiger partial charge < -0.3 is 4.79 Å². The summed E-state index contributed by atoms with van der Waals surface area (Å²) in [5, 5.41) is 0. The van der Waals surface area contributed by atoms with Crippen LogP contribution in [-0.2, 0) is 4.79 Å². The predicted octanol–water partition coefficient (Wildman–Crippen LogP) is 2.50. The highest BCUT2D eigenvalue weighted by atomic mass is 16.1. The summed E-state index contributed by atoms with van der Waals surface area (Å²) < 4.78 is 0. The lowest BCUT2D eigenvalue weighted by Crippen LogP contribution is -2.27. The number of carbonyl (C=O) groups excluding carboxylic acids is 1. The molecule has 6 unspecified atom stereocenters. The molecule has 4 aliphatic carbocycles. The fourth-order valence-electron chi connectivity index (χ4n) is 5.84. The molecule has 0 heterocycles. The summed E-state index contributed by atoms with van der Waals surface area (Å²) in [6, 6.07) is 0. The summed E-state index contributed by atoms with van der Waals surface area (Å²) in [5.74, 6) is 6.15. The molecule has 4 saturated carbocycles. The predicted molar refractivity (Wildman–Crippen MR) is 53.6 cm³/mol. The fraction of sp³-hybridized carbons (Fsp3) is 0.923. The zero-order valence-electron chi connectivity index (χ0n) is 8.56. The average molecular weight is 190 g/mol. The van der Waals surface area contributed by atoms with E-state index in [1.54, 1.807) is 0 Å². The summed E-state index contributed by atoms with van der Waals surface area (Å²) in [7, 11) is 0. The molecular formula is C13H18O. The van der Waals surface area contributed by atoms with Gasteiger partial charge in [-0.05, 0) is 67.6 Å². The summed E-state index contributed by atoms with van der Waals surface area (Å²) in [4.78, 5) is 11.1. The maximum atomic E-state index is 11.1. The van der Waals surface area contributed by atoms with E-state index in [2.05, 4.69) is 0 Å². The van der Waals surface area contributed by atoms with Crippen molar-refractivity contribution in [2.24, 2.45) is 41.4 Å². The highest BCUT2D eigenvalue weighted by Gasteiger charge is 2.63. The van der Waals surface area contributed by atoms with Crippen molar-refractivity contribution in [3.05, 3.63) is 0 Å². The first-order valence-electron chi connectivity index (χ1n) is 6.35. The molecule has 4 bridgehead atoms. The van der Waals surface area contributed by atoms with Crippen molar-refractivity contribution >= 4 is 6.29 Å². The van der Waals surface area contributed by atoms with Crippen molar-refractivity contribution in [2.45, 2.75) is 32.1 Å². The Morgan fingerprint density at radius 3 is 1.93 bits per heavy atom. The Morgan fingerprint density at radius 1 is 0.857 bits per heavy atom. The maximum Gasteiger partial charge on any atom is 0.123 e. The minimum absolute atomic E-state index is 0.480. The van der Waals surface area contributed by atoms with Gasteiger partial charge in [-0.15, -0.1) is 0 Å². The van der Waals surface area contributed by atoms with E-state index in [9.17, 15) is 4.79 Å². The van der Waals surface area contributed by atoms with Crippen LogP contribution in [0.25, 0.3) is 0 Å². The lowest BCUT2D eigenvalue weighted by Gasteiger charge is -2.34. The summed E-state index contributed by atoms with van der Waals surface area (Å²) in [6.45, 7) is 0. The van der Waals surface area contributed by atoms with E-state index >= 15 is 0 Å². The van der Waals surface area contributed by atoms with Gasteiger partial charge in [-0.3, -0.25) is 0 Å². The number of fused-ring (bicyclic) bond motifs is 9. The smallest absolute Gasteiger partial charge is 0.123 e. The highest BCUT2D eigenvalue weighted by Crippen LogP contribution is 2.68. The fourth-order valence-corrected chi connectivity index (χ4v) is 5.84. The first-order valence-corrected chi connectivity index (χ1v) is 6.35. The molecule has 0 aromatic heterocycles. The second-order valence-corrected chi connectivity index (χ2v) is 6.11. The minimum Gasteiger partial charge on any atom is -0.303 e. The van der Waals surface area contributed by atoms with Crippen molar-refractivity contribution < 1.29 is 4.79 Å². The van der Waals surface area contributed by atoms with E-state index < -0.39 is 0 Å². The van der Waals surface area contributed by atoms with Gasteiger partial charge in [-0.1, -0.05) is 0 Å². The molecule has 0 amide bonds. The molecule has 76 valence electrons. The molecule has 14 heavy (non-hydrogen) atoms. The Bertz CT molecular complexity index is 261. The largest absolute Gasteiger partial charge is 0.303 e. The van der Waals surface area contributed by atoms with Gasteiger partial charge in [0.15, 0.2) is 0 Å². The molecule has 1 heteroatoms. The van der Waals surface area contributed by atoms with Crippen molar-refractivity contribution in [1.29, 1.82) is 0 Å². The van der Waals surface area contributed by atoms with Crippen LogP contribution in [0, 0.1) is 41.4 Å². The number of hydrogen-bond donors (Lipinski definition) is 0. The first kappa shape index (κ1) is 7.90. The third kappa shape index (κ3) is 0.697. The topological polar surface area (TPSA) is 17.1 Å². The Balaban J connectivity index is 1.76. The summed E-state index contributed by atoms with van der Waals surface area (Å²) in [6.07, 6.45) is 8.55. The number of hydrogen-bond acceptors (Lipinski definition) is 1. The molecule has 4 aliphatic rings. The Hall–Kier alpha value is -0.330. The Kier molecular flexibility index (Phi) is 1.37. The monoisotopic (exact) mass is 190 g/mol. The normalized spacial score (nSPS) is 63.3. The van der Waals surface area contributed by atoms with Gasteiger partial charge in [0.1, 0.15) is 6.29 Å². The lowest BCUT2D eigenvalue weighted by molar-refractivity contribution is -0.112. The van der Waals surface area contributed by atoms with Crippen molar-refractivity contribution in [2.75, 3.05) is 0 Å². The molecule has 0 aromatic rings. The van der Waals surface area contributed by atoms with Gasteiger partial charge in [0.2, 0.25) is 0 Å². The van der Waals surface area contributed by atoms with E-state index in [1.165, 1.54) is 38.4 Å². The van der Waals surface area contributed by atoms with Crippen molar-refractivity contribution in [3.8, 4) is 0 Å². The zero-order chi connectivity index (χ0) is 9.28. The van der Waals surface area contributed by atoms with Gasteiger partial charge in [0, 0.05) is 5.92 Å². The van der Waals surface area contributed by atoms with Crippen LogP contribution in [0.1, 0.15) is 32.1 Å². The first-order chi connectivity index (χ1) is 6.90. The molecule has 0 saturated heterocycles. The quantitative estimate of drug-likeness (QED) is 0.458. The van der Waals surface area contributed by atoms with Crippen molar-refractivity contribution in [3.63, 3.8) is 0 Å². The Morgan fingerprint density at radius 2 is 1.43 bits per heavy atom. The number of carbonyl (C=O) groups is 1. The van der Waals surface area contributed by atoms with Gasteiger partial charge >= 0.3 is 0 Å². The molecule has 0 aliphatic heterocycles. The molecule has 4 rings (SSSR count). The van der Waals surface area contributed by atoms with E-state index in [0.29, 0.717) is 5.92 Å². The zero-order valence-corrected chi connectivity index (χ0v) is 8.56. The molecular weight excluding hydrogens is 172 g/mol. The van der Waals surface area contributed by atoms with Gasteiger partial charge in [0.25, 0.3) is 0 Å². The van der Waals surface area contributed by atoms with E-state index in [4.69, 9.17) is 0 Å². The molecule has 1 nitrogen and oxygen atoms in total. The standard InChI is InChI=1S/C13H18O/c14-6-11-9-3-4-10(11)13-8-2-1-7(5-8)12(9)13/h6-13H,1-5H2. The van der Waals surface area contributed by atoms with Crippen molar-refractivity contribution in [1.82, 2.24) is 0 Å². The minimum atomic E-state index is 0.480. The average Bonchev–Trinajstić information content (AvgIpc) is 2.95. The summed E-state index contributed by atoms with van der Waals surface area (Å²) >= 11 is 0. The van der Waals surface area contributed by atoms with Gasteiger partial charge in [-0.25, -0.2) is 0 Å². The SMILES string of the molecule is O=CC1C2CCC1C1C3CCC(C3)C21. The van der Waals surface area contributed by atoms with Crippen LogP contribution in [0.4, 0.5) is 0 Å². The van der Waals surface area contributed by atoms with Crippen LogP contribution in [0.3, 0.4) is 0 Å². The molecule has 0 aromatic carbocycles. The molecule has 0 radical (unpaired) electrons. The summed E-state index contributed by atoms with van der Waals surface area (Å²) in [5.41, 5.74) is 0. The second-order valence-electron chi connectivity index (χ2n) is 6.11. The highest BCUT2D eigenvalue weighted by molar-refractivity contribution is 5.57. The second kappa shape index (κ2) is 2.43. The van der Waals surface area contributed by atoms with Gasteiger partial charge in [0.05, 0.1) is 0 Å². The van der Waals surface area contributed by atoms with Crippen LogP contribution in [-0.4, -0.2) is 6.29 Å². The third-order valence-corrected chi connectivity index (χ3v) is 6.01. The maximum absolute atomic E-state index is 11.1. The van der Waals surface area contributed by atoms with E-state index in [-0.39, 0.29) is 0 Å². The van der Waals surface area contributed by atoms with Crippen LogP contribution in [0.5, 0.6) is 0 Å². The lowest BCUT2D eigenvalue weighted by atomic mass is 9.71. The molecule has 4 fully saturated rings. The Labute approximate surface area is 85.3 Å². The van der Waals surface area contributed by atoms with Crippen LogP contribution in [0.15, 0.2) is 0 Å². The van der Waals surface area contributed by atoms with Crippen LogP contribution < -0.4 is 0 Å². The molecule has 0 N–H and O–H groups in total. The number of aldehydes is 1. The van der Waals surface area contributed by atoms with Gasteiger partial charge in [-0.2, -0.15) is 0 Å². The van der Waals surface area contributed by atoms with Crippen LogP contribution >= 0.6 is 0 Å². The van der Waals surface area contributed by atoms with Crippen LogP contribution in [0.2, 0.25) is 0 Å². The van der Waals surface area contributed by atoms with E-state index in [0.717, 1.165) is 35.5 Å². The molecule has 0 spiro atoms. The third-order valence-electron chi connectivity index (χ3n) is 6.01. The number of rotatable bonds is 1.